The number of rotatable bonds is 19. The monoisotopic (exact) mass is 827 g/mol. The number of hydrogen-bond acceptors (Lipinski definition) is 12. The van der Waals surface area contributed by atoms with Crippen molar-refractivity contribution in [3.05, 3.63) is 0 Å². The number of carbonyl (C=O) groups excluding carboxylic acids is 6. The minimum atomic E-state index is -0.591. The summed E-state index contributed by atoms with van der Waals surface area (Å²) in [5, 5.41) is 0. The Morgan fingerprint density at radius 3 is 1.21 bits per heavy atom. The molecule has 0 aliphatic carbocycles. The first-order valence-electron chi connectivity index (χ1n) is 21.4. The smallest absolute Gasteiger partial charge is 0.185 e. The van der Waals surface area contributed by atoms with Crippen molar-refractivity contribution in [3.8, 4) is 0 Å². The average molecular weight is 827 g/mol. The molecule has 14 nitrogen and oxygen atoms in total. The predicted molar refractivity (Wildman–Crippen MR) is 241 cm³/mol. The molecule has 0 radical (unpaired) electrons. The molecule has 0 bridgehead atoms. The molecule has 342 valence electrons. The van der Waals surface area contributed by atoms with Gasteiger partial charge >= 0.3 is 0 Å². The van der Waals surface area contributed by atoms with E-state index in [9.17, 15) is 28.8 Å². The van der Waals surface area contributed by atoms with Gasteiger partial charge in [-0.3, -0.25) is 38.7 Å². The van der Waals surface area contributed by atoms with Crippen molar-refractivity contribution in [2.75, 3.05) is 32.7 Å². The largest absolute Gasteiger partial charge is 0.370 e. The minimum absolute atomic E-state index is 0.00713. The van der Waals surface area contributed by atoms with E-state index >= 15 is 0 Å². The van der Waals surface area contributed by atoms with Crippen LogP contribution in [0.25, 0.3) is 0 Å². The van der Waals surface area contributed by atoms with Crippen molar-refractivity contribution < 1.29 is 28.8 Å². The molecule has 1 aliphatic rings. The summed E-state index contributed by atoms with van der Waals surface area (Å²) in [7, 11) is 0. The van der Waals surface area contributed by atoms with Gasteiger partial charge in [-0.05, 0) is 43.7 Å². The maximum Gasteiger partial charge on any atom is 0.185 e. The standard InChI is InChI=1S/C14H27NO2.C10H19NO.C8H17NO.C7H16N4O.C5H11NO/c1-8(2)11(14(17)10(5)6)7-12(16)13(15)9(3)4;1-9(2)10(12)8-11-6-4-3-5-7-11;1-5(2)7(9)8(10)6(3)4;1-4(2)6(12)5(8)3-11-7(9)10;1-4(2)5(7)3-6/h8-11,13H,7,15H2,1-6H3;9H,3-8H2,1-2H3;5-7H,9H2,1-4H3;4-5H,3,8H2,1-2H3,(H4,9,10,11);4H,3,6H2,1-2H3. The summed E-state index contributed by atoms with van der Waals surface area (Å²) in [4.78, 5) is 74.0. The molecule has 14 heteroatoms. The number of likely N-dealkylation sites (tertiary alicyclic amines) is 1. The molecule has 58 heavy (non-hydrogen) atoms. The molecule has 1 rings (SSSR count). The van der Waals surface area contributed by atoms with Gasteiger partial charge in [0, 0.05) is 41.9 Å². The first-order chi connectivity index (χ1) is 26.5. The SMILES string of the molecule is CC(C)C(=O)C(CC(=O)C(N)C(C)C)C(C)C.CC(C)C(=O)C(N)C(C)C.CC(C)C(=O)C(N)CN=C(N)N.CC(C)C(=O)CN.CC(C)C(=O)CN1CCCCC1. The number of carbonyl (C=O) groups is 6. The molecule has 0 amide bonds. The summed E-state index contributed by atoms with van der Waals surface area (Å²) >= 11 is 0. The summed E-state index contributed by atoms with van der Waals surface area (Å²) in [6, 6.07) is -1.32. The van der Waals surface area contributed by atoms with Crippen LogP contribution in [0.1, 0.15) is 136 Å². The number of hydrogen-bond donors (Lipinski definition) is 6. The van der Waals surface area contributed by atoms with Crippen LogP contribution < -0.4 is 34.4 Å². The molecule has 12 N–H and O–H groups in total. The van der Waals surface area contributed by atoms with Crippen LogP contribution in [0.4, 0.5) is 0 Å². The van der Waals surface area contributed by atoms with Gasteiger partial charge in [-0.15, -0.1) is 0 Å². The van der Waals surface area contributed by atoms with E-state index in [0.717, 1.165) is 13.1 Å². The highest BCUT2D eigenvalue weighted by atomic mass is 16.1. The van der Waals surface area contributed by atoms with Gasteiger partial charge < -0.3 is 34.4 Å². The predicted octanol–water partition coefficient (Wildman–Crippen LogP) is 4.30. The van der Waals surface area contributed by atoms with Gasteiger partial charge in [-0.1, -0.05) is 117 Å². The van der Waals surface area contributed by atoms with Crippen molar-refractivity contribution in [2.24, 2.45) is 92.7 Å². The lowest BCUT2D eigenvalue weighted by Gasteiger charge is -2.26. The van der Waals surface area contributed by atoms with Crippen LogP contribution >= 0.6 is 0 Å². The van der Waals surface area contributed by atoms with Crippen LogP contribution in [0.15, 0.2) is 4.99 Å². The maximum absolute atomic E-state index is 12.0. The third-order valence-electron chi connectivity index (χ3n) is 9.59. The molecule has 1 saturated heterocycles. The molecule has 4 atom stereocenters. The van der Waals surface area contributed by atoms with E-state index in [1.165, 1.54) is 19.3 Å². The summed E-state index contributed by atoms with van der Waals surface area (Å²) in [5.41, 5.74) is 32.1. The van der Waals surface area contributed by atoms with Crippen LogP contribution in [0.3, 0.4) is 0 Å². The molecular weight excluding hydrogens is 737 g/mol. The van der Waals surface area contributed by atoms with Crippen LogP contribution in [-0.4, -0.2) is 96.4 Å². The van der Waals surface area contributed by atoms with E-state index in [2.05, 4.69) is 9.89 Å². The second kappa shape index (κ2) is 33.9. The quantitative estimate of drug-likeness (QED) is 0.0784. The Bertz CT molecular complexity index is 1200. The third kappa shape index (κ3) is 31.1. The van der Waals surface area contributed by atoms with Crippen molar-refractivity contribution in [1.82, 2.24) is 4.90 Å². The molecule has 0 aromatic heterocycles. The lowest BCUT2D eigenvalue weighted by atomic mass is 9.81. The number of nitrogens with two attached hydrogens (primary N) is 6. The number of Topliss-reactive ketones (excluding diaryl/α,β-unsaturated/α-hetero) is 6. The Hall–Kier alpha value is -2.91. The first-order valence-corrected chi connectivity index (χ1v) is 21.4. The molecule has 4 unspecified atom stereocenters. The molecule has 0 spiro atoms. The highest BCUT2D eigenvalue weighted by Crippen LogP contribution is 2.22. The van der Waals surface area contributed by atoms with Crippen molar-refractivity contribution in [2.45, 2.75) is 155 Å². The van der Waals surface area contributed by atoms with Gasteiger partial charge in [0.2, 0.25) is 0 Å². The van der Waals surface area contributed by atoms with E-state index in [0.29, 0.717) is 12.3 Å². The summed E-state index contributed by atoms with van der Waals surface area (Å²) in [6.45, 7) is 33.8. The average Bonchev–Trinajstić information content (AvgIpc) is 3.14. The van der Waals surface area contributed by atoms with Crippen LogP contribution in [-0.2, 0) is 28.8 Å². The van der Waals surface area contributed by atoms with Gasteiger partial charge in [0.05, 0.1) is 37.8 Å². The molecule has 1 heterocycles. The highest BCUT2D eigenvalue weighted by Gasteiger charge is 2.29. The second-order valence-corrected chi connectivity index (χ2v) is 17.9. The van der Waals surface area contributed by atoms with Crippen molar-refractivity contribution >= 4 is 40.7 Å². The fraction of sp³-hybridized carbons (Fsp3) is 0.841. The van der Waals surface area contributed by atoms with Gasteiger partial charge in [-0.2, -0.15) is 0 Å². The van der Waals surface area contributed by atoms with Crippen molar-refractivity contribution in [1.29, 1.82) is 0 Å². The normalized spacial score (nSPS) is 14.9. The molecule has 0 saturated carbocycles. The Morgan fingerprint density at radius 2 is 0.931 bits per heavy atom. The zero-order valence-electron chi connectivity index (χ0n) is 39.6. The number of piperidine rings is 1. The minimum Gasteiger partial charge on any atom is -0.370 e. The van der Waals surface area contributed by atoms with E-state index in [4.69, 9.17) is 34.4 Å². The van der Waals surface area contributed by atoms with E-state index in [-0.39, 0.29) is 114 Å². The number of guanidine groups is 1. The first kappa shape index (κ1) is 61.7. The van der Waals surface area contributed by atoms with E-state index in [1.807, 2.05) is 96.9 Å². The summed E-state index contributed by atoms with van der Waals surface area (Å²) in [5.74, 6) is 1.44. The van der Waals surface area contributed by atoms with Crippen LogP contribution in [0, 0.1) is 53.3 Å². The Labute approximate surface area is 353 Å². The maximum atomic E-state index is 12.0. The molecule has 1 fully saturated rings. The molecular formula is C44H90N8O6. The fourth-order valence-electron chi connectivity index (χ4n) is 5.01. The number of aliphatic imine (C=N–C) groups is 1. The number of nitrogens with zero attached hydrogens (tertiary/aromatic N) is 2. The zero-order valence-corrected chi connectivity index (χ0v) is 39.6. The lowest BCUT2D eigenvalue weighted by molar-refractivity contribution is -0.132. The fourth-order valence-corrected chi connectivity index (χ4v) is 5.01. The zero-order chi connectivity index (χ0) is 46.6. The summed E-state index contributed by atoms with van der Waals surface area (Å²) < 4.78 is 0. The van der Waals surface area contributed by atoms with Gasteiger partial charge in [-0.25, -0.2) is 0 Å². The second-order valence-electron chi connectivity index (χ2n) is 17.9. The Balaban J connectivity index is -0.000000323. The Kier molecular flexibility index (Phi) is 36.1. The van der Waals surface area contributed by atoms with E-state index in [1.54, 1.807) is 13.8 Å². The van der Waals surface area contributed by atoms with Crippen LogP contribution in [0.2, 0.25) is 0 Å². The van der Waals surface area contributed by atoms with Crippen LogP contribution in [0.5, 0.6) is 0 Å². The molecule has 1 aliphatic heterocycles. The third-order valence-corrected chi connectivity index (χ3v) is 9.59. The Morgan fingerprint density at radius 1 is 0.517 bits per heavy atom. The summed E-state index contributed by atoms with van der Waals surface area (Å²) in [6.07, 6.45) is 4.16. The topological polar surface area (TPSA) is 274 Å². The highest BCUT2D eigenvalue weighted by molar-refractivity contribution is 5.91. The molecule has 0 aromatic carbocycles. The van der Waals surface area contributed by atoms with E-state index < -0.39 is 12.1 Å². The van der Waals surface area contributed by atoms with Gasteiger partial charge in [0.25, 0.3) is 0 Å². The lowest BCUT2D eigenvalue weighted by Crippen LogP contribution is -2.39. The van der Waals surface area contributed by atoms with Crippen molar-refractivity contribution in [3.63, 3.8) is 0 Å². The van der Waals surface area contributed by atoms with Gasteiger partial charge in [0.1, 0.15) is 17.3 Å². The molecule has 0 aromatic rings. The number of ketones is 6. The van der Waals surface area contributed by atoms with Gasteiger partial charge in [0.15, 0.2) is 23.3 Å².